The van der Waals surface area contributed by atoms with Crippen molar-refractivity contribution in [1.29, 1.82) is 0 Å². The fraction of sp³-hybridized carbons (Fsp3) is 0.381. The van der Waals surface area contributed by atoms with E-state index in [0.29, 0.717) is 11.8 Å². The maximum absolute atomic E-state index is 12.9. The molecule has 0 N–H and O–H groups in total. The van der Waals surface area contributed by atoms with Crippen LogP contribution in [0.3, 0.4) is 0 Å². The topological polar surface area (TPSA) is 71.2 Å². The van der Waals surface area contributed by atoms with Gasteiger partial charge in [-0.3, -0.25) is 9.36 Å². The van der Waals surface area contributed by atoms with Crippen LogP contribution < -0.4 is 4.74 Å². The van der Waals surface area contributed by atoms with Crippen molar-refractivity contribution in [3.8, 4) is 11.4 Å². The Labute approximate surface area is 175 Å². The van der Waals surface area contributed by atoms with Gasteiger partial charge in [0.15, 0.2) is 10.9 Å². The summed E-state index contributed by atoms with van der Waals surface area (Å²) in [4.78, 5) is 12.9. The number of carbonyl (C=O) groups excluding carboxylic acids is 1. The minimum absolute atomic E-state index is 0.0635. The molecule has 7 nitrogen and oxygen atoms in total. The second-order valence-corrected chi connectivity index (χ2v) is 7.77. The van der Waals surface area contributed by atoms with E-state index >= 15 is 0 Å². The number of thioether (sulfide) groups is 1. The molecule has 0 amide bonds. The van der Waals surface area contributed by atoms with Gasteiger partial charge in [-0.15, -0.1) is 10.2 Å². The number of rotatable bonds is 9. The molecule has 0 saturated carbocycles. The lowest BCUT2D eigenvalue weighted by Crippen LogP contribution is -2.14. The van der Waals surface area contributed by atoms with Crippen LogP contribution in [0.2, 0.25) is 0 Å². The van der Waals surface area contributed by atoms with E-state index in [1.807, 2.05) is 48.7 Å². The number of carbonyl (C=O) groups is 1. The number of benzene rings is 1. The van der Waals surface area contributed by atoms with E-state index in [2.05, 4.69) is 21.7 Å². The van der Waals surface area contributed by atoms with Crippen LogP contribution in [0, 0.1) is 13.8 Å². The first-order chi connectivity index (χ1) is 14.0. The Hall–Kier alpha value is -2.58. The maximum atomic E-state index is 12.9. The summed E-state index contributed by atoms with van der Waals surface area (Å²) in [6.45, 7) is 6.68. The Morgan fingerprint density at radius 1 is 1.24 bits per heavy atom. The Bertz CT molecular complexity index is 996. The van der Waals surface area contributed by atoms with Crippen LogP contribution in [-0.2, 0) is 4.74 Å². The van der Waals surface area contributed by atoms with Crippen LogP contribution in [0.15, 0.2) is 41.8 Å². The number of ether oxygens (including phenoxy) is 2. The highest BCUT2D eigenvalue weighted by atomic mass is 32.2. The predicted octanol–water partition coefficient (Wildman–Crippen LogP) is 3.88. The number of para-hydroxylation sites is 2. The second-order valence-electron chi connectivity index (χ2n) is 6.83. The molecule has 8 heteroatoms. The van der Waals surface area contributed by atoms with Crippen molar-refractivity contribution in [3.05, 3.63) is 53.6 Å². The van der Waals surface area contributed by atoms with Crippen molar-refractivity contribution in [3.63, 3.8) is 0 Å². The third kappa shape index (κ3) is 4.38. The largest absolute Gasteiger partial charge is 0.495 e. The number of ketones is 1. The molecule has 0 radical (unpaired) electrons. The zero-order valence-corrected chi connectivity index (χ0v) is 18.2. The van der Waals surface area contributed by atoms with Crippen molar-refractivity contribution < 1.29 is 14.3 Å². The highest BCUT2D eigenvalue weighted by Crippen LogP contribution is 2.28. The zero-order valence-electron chi connectivity index (χ0n) is 17.4. The molecule has 1 unspecified atom stereocenters. The summed E-state index contributed by atoms with van der Waals surface area (Å²) in [5, 5.41) is 8.83. The summed E-state index contributed by atoms with van der Waals surface area (Å²) in [5.74, 6) is 1.06. The molecule has 3 aromatic rings. The number of aromatic nitrogens is 4. The lowest BCUT2D eigenvalue weighted by molar-refractivity contribution is 0.102. The fourth-order valence-electron chi connectivity index (χ4n) is 3.58. The highest BCUT2D eigenvalue weighted by Gasteiger charge is 2.20. The summed E-state index contributed by atoms with van der Waals surface area (Å²) < 4.78 is 14.7. The third-order valence-corrected chi connectivity index (χ3v) is 5.77. The van der Waals surface area contributed by atoms with Gasteiger partial charge in [0.2, 0.25) is 0 Å². The van der Waals surface area contributed by atoms with Gasteiger partial charge in [-0.1, -0.05) is 23.9 Å². The standard InChI is InChI=1S/C21H26N4O3S/c1-14-10-17(16(3)25(14)15(2)11-27-4)19(26)12-29-21-23-22-13-24(21)18-8-6-7-9-20(18)28-5/h6-10,13,15H,11-12H2,1-5H3. The van der Waals surface area contributed by atoms with Gasteiger partial charge in [0, 0.05) is 24.1 Å². The Morgan fingerprint density at radius 3 is 2.72 bits per heavy atom. The molecular weight excluding hydrogens is 388 g/mol. The molecule has 0 fully saturated rings. The average molecular weight is 415 g/mol. The minimum Gasteiger partial charge on any atom is -0.495 e. The molecule has 0 saturated heterocycles. The molecule has 1 atom stereocenters. The van der Waals surface area contributed by atoms with E-state index in [4.69, 9.17) is 9.47 Å². The van der Waals surface area contributed by atoms with Crippen molar-refractivity contribution in [2.45, 2.75) is 32.0 Å². The average Bonchev–Trinajstić information content (AvgIpc) is 3.30. The van der Waals surface area contributed by atoms with Gasteiger partial charge >= 0.3 is 0 Å². The van der Waals surface area contributed by atoms with Crippen LogP contribution in [-0.4, -0.2) is 51.7 Å². The van der Waals surface area contributed by atoms with Gasteiger partial charge in [0.1, 0.15) is 12.1 Å². The van der Waals surface area contributed by atoms with Gasteiger partial charge in [0.25, 0.3) is 0 Å². The first kappa shape index (κ1) is 21.1. The molecule has 2 aromatic heterocycles. The van der Waals surface area contributed by atoms with E-state index in [-0.39, 0.29) is 17.6 Å². The van der Waals surface area contributed by atoms with Crippen LogP contribution >= 0.6 is 11.8 Å². The lowest BCUT2D eigenvalue weighted by atomic mass is 10.2. The molecule has 3 rings (SSSR count). The Kier molecular flexibility index (Phi) is 6.76. The van der Waals surface area contributed by atoms with Crippen molar-refractivity contribution in [1.82, 2.24) is 19.3 Å². The molecule has 0 bridgehead atoms. The number of hydrogen-bond donors (Lipinski definition) is 0. The summed E-state index contributed by atoms with van der Waals surface area (Å²) in [6.07, 6.45) is 1.63. The molecule has 154 valence electrons. The van der Waals surface area contributed by atoms with Crippen molar-refractivity contribution in [2.24, 2.45) is 0 Å². The fourth-order valence-corrected chi connectivity index (χ4v) is 4.38. The quantitative estimate of drug-likeness (QED) is 0.391. The number of nitrogens with zero attached hydrogens (tertiary/aromatic N) is 4. The number of Topliss-reactive ketones (excluding diaryl/α,β-unsaturated/α-hetero) is 1. The van der Waals surface area contributed by atoms with Gasteiger partial charge in [-0.25, -0.2) is 0 Å². The zero-order chi connectivity index (χ0) is 21.0. The summed E-state index contributed by atoms with van der Waals surface area (Å²) in [5.41, 5.74) is 3.59. The predicted molar refractivity (Wildman–Crippen MR) is 113 cm³/mol. The summed E-state index contributed by atoms with van der Waals surface area (Å²) >= 11 is 1.36. The molecule has 2 heterocycles. The van der Waals surface area contributed by atoms with Crippen molar-refractivity contribution in [2.75, 3.05) is 26.6 Å². The van der Waals surface area contributed by atoms with E-state index < -0.39 is 0 Å². The summed E-state index contributed by atoms with van der Waals surface area (Å²) in [7, 11) is 3.31. The van der Waals surface area contributed by atoms with Crippen LogP contribution in [0.25, 0.3) is 5.69 Å². The van der Waals surface area contributed by atoms with Gasteiger partial charge in [-0.05, 0) is 39.0 Å². The van der Waals surface area contributed by atoms with Gasteiger partial charge < -0.3 is 14.0 Å². The molecule has 0 spiro atoms. The first-order valence-corrected chi connectivity index (χ1v) is 10.3. The number of hydrogen-bond acceptors (Lipinski definition) is 6. The highest BCUT2D eigenvalue weighted by molar-refractivity contribution is 7.99. The summed E-state index contributed by atoms with van der Waals surface area (Å²) in [6, 6.07) is 9.76. The molecule has 0 aliphatic heterocycles. The molecule has 0 aliphatic rings. The van der Waals surface area contributed by atoms with Crippen LogP contribution in [0.4, 0.5) is 0 Å². The SMILES string of the molecule is COCC(C)n1c(C)cc(C(=O)CSc2nncn2-c2ccccc2OC)c1C. The smallest absolute Gasteiger partial charge is 0.196 e. The number of methoxy groups -OCH3 is 2. The molecule has 29 heavy (non-hydrogen) atoms. The second kappa shape index (κ2) is 9.28. The van der Waals surface area contributed by atoms with Crippen molar-refractivity contribution >= 4 is 17.5 Å². The maximum Gasteiger partial charge on any atom is 0.196 e. The van der Waals surface area contributed by atoms with E-state index in [9.17, 15) is 4.79 Å². The van der Waals surface area contributed by atoms with E-state index in [0.717, 1.165) is 28.4 Å². The first-order valence-electron chi connectivity index (χ1n) is 9.34. The Morgan fingerprint density at radius 2 is 2.00 bits per heavy atom. The number of aryl methyl sites for hydroxylation is 1. The van der Waals surface area contributed by atoms with Gasteiger partial charge in [-0.2, -0.15) is 0 Å². The third-order valence-electron chi connectivity index (χ3n) is 4.83. The molecular formula is C21H26N4O3S. The van der Waals surface area contributed by atoms with E-state index in [1.165, 1.54) is 11.8 Å². The minimum atomic E-state index is 0.0635. The van der Waals surface area contributed by atoms with Crippen LogP contribution in [0.5, 0.6) is 5.75 Å². The monoisotopic (exact) mass is 414 g/mol. The van der Waals surface area contributed by atoms with Gasteiger partial charge in [0.05, 0.1) is 31.2 Å². The lowest BCUT2D eigenvalue weighted by Gasteiger charge is -2.17. The normalized spacial score (nSPS) is 12.2. The van der Waals surface area contributed by atoms with E-state index in [1.54, 1.807) is 20.5 Å². The Balaban J connectivity index is 1.78. The molecule has 0 aliphatic carbocycles. The van der Waals surface area contributed by atoms with Crippen LogP contribution in [0.1, 0.15) is 34.7 Å². The molecule has 1 aromatic carbocycles.